The summed E-state index contributed by atoms with van der Waals surface area (Å²) < 4.78 is 0. The monoisotopic (exact) mass is 307 g/mol. The summed E-state index contributed by atoms with van der Waals surface area (Å²) in [6.07, 6.45) is 10.7. The van der Waals surface area contributed by atoms with Crippen molar-refractivity contribution in [3.05, 3.63) is 34.3 Å². The predicted octanol–water partition coefficient (Wildman–Crippen LogP) is 5.53. The van der Waals surface area contributed by atoms with Gasteiger partial charge in [-0.15, -0.1) is 0 Å². The Morgan fingerprint density at radius 2 is 2.05 bits per heavy atom. The van der Waals surface area contributed by atoms with Crippen LogP contribution in [0.15, 0.2) is 18.2 Å². The first-order valence-corrected chi connectivity index (χ1v) is 9.05. The fourth-order valence-corrected chi connectivity index (χ4v) is 3.76. The third-order valence-corrected chi connectivity index (χ3v) is 5.11. The van der Waals surface area contributed by atoms with Crippen molar-refractivity contribution in [2.24, 2.45) is 5.92 Å². The summed E-state index contributed by atoms with van der Waals surface area (Å²) in [5.41, 5.74) is 2.54. The standard InChI is InChI=1S/C19H30ClN/c1-3-12-21-18(11-9-16-6-4-5-7-16)14-17-10-8-15(2)13-19(17)20/h8,10,13,16,18,21H,3-7,9,11-12,14H2,1-2H3. The average molecular weight is 308 g/mol. The Morgan fingerprint density at radius 1 is 1.29 bits per heavy atom. The maximum atomic E-state index is 6.41. The number of hydrogen-bond donors (Lipinski definition) is 1. The number of hydrogen-bond acceptors (Lipinski definition) is 1. The van der Waals surface area contributed by atoms with E-state index >= 15 is 0 Å². The third kappa shape index (κ3) is 5.64. The van der Waals surface area contributed by atoms with E-state index in [-0.39, 0.29) is 0 Å². The predicted molar refractivity (Wildman–Crippen MR) is 93.2 cm³/mol. The zero-order valence-electron chi connectivity index (χ0n) is 13.6. The molecule has 0 amide bonds. The van der Waals surface area contributed by atoms with Gasteiger partial charge in [0.05, 0.1) is 0 Å². The van der Waals surface area contributed by atoms with Crippen LogP contribution in [-0.4, -0.2) is 12.6 Å². The van der Waals surface area contributed by atoms with E-state index in [9.17, 15) is 0 Å². The van der Waals surface area contributed by atoms with Crippen molar-refractivity contribution in [1.82, 2.24) is 5.32 Å². The first kappa shape index (κ1) is 16.8. The van der Waals surface area contributed by atoms with Crippen LogP contribution in [0, 0.1) is 12.8 Å². The van der Waals surface area contributed by atoms with E-state index in [0.29, 0.717) is 6.04 Å². The molecule has 1 saturated carbocycles. The van der Waals surface area contributed by atoms with Crippen LogP contribution < -0.4 is 5.32 Å². The van der Waals surface area contributed by atoms with Crippen LogP contribution >= 0.6 is 11.6 Å². The van der Waals surface area contributed by atoms with E-state index in [1.165, 1.54) is 56.1 Å². The molecule has 1 unspecified atom stereocenters. The highest BCUT2D eigenvalue weighted by molar-refractivity contribution is 6.31. The molecule has 0 aliphatic heterocycles. The molecule has 1 fully saturated rings. The first-order chi connectivity index (χ1) is 10.2. The Bertz CT molecular complexity index is 424. The van der Waals surface area contributed by atoms with Crippen LogP contribution in [-0.2, 0) is 6.42 Å². The number of halogens is 1. The molecule has 1 aliphatic rings. The summed E-state index contributed by atoms with van der Waals surface area (Å²) in [5.74, 6) is 0.976. The fraction of sp³-hybridized carbons (Fsp3) is 0.684. The zero-order chi connectivity index (χ0) is 15.1. The lowest BCUT2D eigenvalue weighted by Gasteiger charge is -2.21. The third-order valence-electron chi connectivity index (χ3n) is 4.76. The summed E-state index contributed by atoms with van der Waals surface area (Å²) in [4.78, 5) is 0. The molecule has 21 heavy (non-hydrogen) atoms. The van der Waals surface area contributed by atoms with Gasteiger partial charge in [-0.1, -0.05) is 56.3 Å². The molecule has 1 aromatic carbocycles. The molecule has 118 valence electrons. The number of benzene rings is 1. The highest BCUT2D eigenvalue weighted by Crippen LogP contribution is 2.29. The SMILES string of the molecule is CCCNC(CCC1CCCC1)Cc1ccc(C)cc1Cl. The van der Waals surface area contributed by atoms with Gasteiger partial charge in [0.25, 0.3) is 0 Å². The van der Waals surface area contributed by atoms with Crippen LogP contribution in [0.2, 0.25) is 5.02 Å². The Hall–Kier alpha value is -0.530. The van der Waals surface area contributed by atoms with Gasteiger partial charge in [-0.05, 0) is 62.3 Å². The lowest BCUT2D eigenvalue weighted by atomic mass is 9.94. The summed E-state index contributed by atoms with van der Waals surface area (Å²) in [6, 6.07) is 7.04. The van der Waals surface area contributed by atoms with Gasteiger partial charge >= 0.3 is 0 Å². The quantitative estimate of drug-likeness (QED) is 0.666. The molecule has 1 aromatic rings. The molecule has 1 aliphatic carbocycles. The molecule has 1 nitrogen and oxygen atoms in total. The lowest BCUT2D eigenvalue weighted by molar-refractivity contribution is 0.402. The maximum absolute atomic E-state index is 6.41. The van der Waals surface area contributed by atoms with Crippen molar-refractivity contribution < 1.29 is 0 Å². The van der Waals surface area contributed by atoms with Crippen LogP contribution in [0.1, 0.15) is 63.0 Å². The molecule has 0 spiro atoms. The Labute approximate surface area is 135 Å². The maximum Gasteiger partial charge on any atom is 0.0441 e. The van der Waals surface area contributed by atoms with Crippen LogP contribution in [0.25, 0.3) is 0 Å². The Morgan fingerprint density at radius 3 is 2.71 bits per heavy atom. The molecular formula is C19H30ClN. The summed E-state index contributed by atoms with van der Waals surface area (Å²) in [7, 11) is 0. The van der Waals surface area contributed by atoms with Crippen LogP contribution in [0.4, 0.5) is 0 Å². The molecule has 1 N–H and O–H groups in total. The minimum Gasteiger partial charge on any atom is -0.314 e. The molecule has 2 rings (SSSR count). The molecule has 0 heterocycles. The van der Waals surface area contributed by atoms with Crippen molar-refractivity contribution in [3.8, 4) is 0 Å². The van der Waals surface area contributed by atoms with Gasteiger partial charge in [-0.3, -0.25) is 0 Å². The number of aryl methyl sites for hydroxylation is 1. The van der Waals surface area contributed by atoms with Crippen LogP contribution in [0.3, 0.4) is 0 Å². The summed E-state index contributed by atoms with van der Waals surface area (Å²) in [6.45, 7) is 5.45. The molecular weight excluding hydrogens is 278 g/mol. The minimum atomic E-state index is 0.575. The molecule has 0 radical (unpaired) electrons. The van der Waals surface area contributed by atoms with E-state index in [4.69, 9.17) is 11.6 Å². The number of rotatable bonds is 8. The highest BCUT2D eigenvalue weighted by atomic mass is 35.5. The van der Waals surface area contributed by atoms with Gasteiger partial charge < -0.3 is 5.32 Å². The normalized spacial score (nSPS) is 17.3. The largest absolute Gasteiger partial charge is 0.314 e. The second kappa shape index (κ2) is 8.80. The smallest absolute Gasteiger partial charge is 0.0441 e. The van der Waals surface area contributed by atoms with Crippen LogP contribution in [0.5, 0.6) is 0 Å². The molecule has 0 bridgehead atoms. The summed E-state index contributed by atoms with van der Waals surface area (Å²) >= 11 is 6.41. The van der Waals surface area contributed by atoms with E-state index in [1.807, 2.05) is 0 Å². The molecule has 1 atom stereocenters. The fourth-order valence-electron chi connectivity index (χ4n) is 3.44. The Kier molecular flexibility index (Phi) is 7.06. The van der Waals surface area contributed by atoms with Crippen molar-refractivity contribution >= 4 is 11.6 Å². The first-order valence-electron chi connectivity index (χ1n) is 8.67. The second-order valence-electron chi connectivity index (χ2n) is 6.68. The van der Waals surface area contributed by atoms with Crippen molar-refractivity contribution in [3.63, 3.8) is 0 Å². The second-order valence-corrected chi connectivity index (χ2v) is 7.09. The van der Waals surface area contributed by atoms with Crippen molar-refractivity contribution in [2.45, 2.75) is 71.3 Å². The van der Waals surface area contributed by atoms with Gasteiger partial charge in [0, 0.05) is 11.1 Å². The van der Waals surface area contributed by atoms with Gasteiger partial charge in [-0.2, -0.15) is 0 Å². The van der Waals surface area contributed by atoms with E-state index < -0.39 is 0 Å². The average Bonchev–Trinajstić information content (AvgIpc) is 2.97. The van der Waals surface area contributed by atoms with Gasteiger partial charge in [0.15, 0.2) is 0 Å². The highest BCUT2D eigenvalue weighted by Gasteiger charge is 2.18. The van der Waals surface area contributed by atoms with Crippen molar-refractivity contribution in [1.29, 1.82) is 0 Å². The topological polar surface area (TPSA) is 12.0 Å². The number of nitrogens with one attached hydrogen (secondary N) is 1. The molecule has 0 aromatic heterocycles. The van der Waals surface area contributed by atoms with E-state index in [0.717, 1.165) is 23.9 Å². The van der Waals surface area contributed by atoms with E-state index in [1.54, 1.807) is 0 Å². The molecule has 0 saturated heterocycles. The Balaban J connectivity index is 1.90. The zero-order valence-corrected chi connectivity index (χ0v) is 14.4. The van der Waals surface area contributed by atoms with Crippen molar-refractivity contribution in [2.75, 3.05) is 6.54 Å². The van der Waals surface area contributed by atoms with Gasteiger partial charge in [0.1, 0.15) is 0 Å². The molecule has 2 heteroatoms. The van der Waals surface area contributed by atoms with Gasteiger partial charge in [0.2, 0.25) is 0 Å². The van der Waals surface area contributed by atoms with E-state index in [2.05, 4.69) is 37.4 Å². The van der Waals surface area contributed by atoms with Gasteiger partial charge in [-0.25, -0.2) is 0 Å². The summed E-state index contributed by atoms with van der Waals surface area (Å²) in [5, 5.41) is 4.65. The lowest BCUT2D eigenvalue weighted by Crippen LogP contribution is -2.32. The minimum absolute atomic E-state index is 0.575.